The van der Waals surface area contributed by atoms with E-state index in [2.05, 4.69) is 10.9 Å². The Morgan fingerprint density at radius 3 is 2.33 bits per heavy atom. The van der Waals surface area contributed by atoms with E-state index in [0.29, 0.717) is 18.5 Å². The molecule has 1 fully saturated rings. The van der Waals surface area contributed by atoms with Crippen LogP contribution in [0, 0.1) is 20.8 Å². The summed E-state index contributed by atoms with van der Waals surface area (Å²) in [6.45, 7) is 6.66. The highest BCUT2D eigenvalue weighted by Gasteiger charge is 2.39. The molecule has 3 aromatic rings. The summed E-state index contributed by atoms with van der Waals surface area (Å²) in [4.78, 5) is 17.8. The van der Waals surface area contributed by atoms with Gasteiger partial charge in [0.25, 0.3) is 0 Å². The number of ether oxygens (including phenoxy) is 1. The number of hydrazine groups is 1. The predicted octanol–water partition coefficient (Wildman–Crippen LogP) is 4.68. The third kappa shape index (κ3) is 5.88. The number of rotatable bonds is 9. The van der Waals surface area contributed by atoms with Crippen LogP contribution in [0.15, 0.2) is 66.7 Å². The van der Waals surface area contributed by atoms with Gasteiger partial charge >= 0.3 is 6.03 Å². The fraction of sp³-hybridized carbons (Fsp3) is 0.321. The van der Waals surface area contributed by atoms with Gasteiger partial charge in [-0.25, -0.2) is 18.2 Å². The van der Waals surface area contributed by atoms with Crippen molar-refractivity contribution in [2.75, 3.05) is 20.2 Å². The Morgan fingerprint density at radius 2 is 1.67 bits per heavy atom. The van der Waals surface area contributed by atoms with Crippen LogP contribution in [0.3, 0.4) is 0 Å². The highest BCUT2D eigenvalue weighted by Crippen LogP contribution is 2.31. The Balaban J connectivity index is 1.55. The Bertz CT molecular complexity index is 1340. The highest BCUT2D eigenvalue weighted by atomic mass is 32.2. The molecule has 190 valence electrons. The van der Waals surface area contributed by atoms with Gasteiger partial charge in [-0.1, -0.05) is 54.6 Å². The monoisotopic (exact) mass is 507 g/mol. The lowest BCUT2D eigenvalue weighted by atomic mass is 10.0. The normalized spacial score (nSPS) is 16.0. The lowest BCUT2D eigenvalue weighted by Crippen LogP contribution is -2.45. The Morgan fingerprint density at radius 1 is 0.944 bits per heavy atom. The second-order valence-electron chi connectivity index (χ2n) is 9.32. The number of carbonyl (C=O) groups excluding carboxylic acids is 1. The van der Waals surface area contributed by atoms with Gasteiger partial charge in [0.05, 0.1) is 25.4 Å². The average molecular weight is 508 g/mol. The summed E-state index contributed by atoms with van der Waals surface area (Å²) in [6.07, 6.45) is 0.640. The quantitative estimate of drug-likeness (QED) is 0.456. The van der Waals surface area contributed by atoms with E-state index >= 15 is 0 Å². The molecular formula is C28H33N3O4S. The smallest absolute Gasteiger partial charge is 0.335 e. The van der Waals surface area contributed by atoms with E-state index in [0.717, 1.165) is 28.0 Å². The van der Waals surface area contributed by atoms with E-state index in [1.165, 1.54) is 10.6 Å². The first-order chi connectivity index (χ1) is 17.2. The summed E-state index contributed by atoms with van der Waals surface area (Å²) in [7, 11) is -2.15. The van der Waals surface area contributed by atoms with Crippen molar-refractivity contribution in [2.24, 2.45) is 0 Å². The SMILES string of the molecule is COc1ccc(CCN2C(=O)N(NS(=O)(=O)Cc3ccccc3C)CC2c2ccc(C)c(C)c2)cc1. The molecule has 0 bridgehead atoms. The highest BCUT2D eigenvalue weighted by molar-refractivity contribution is 7.88. The van der Waals surface area contributed by atoms with Crippen LogP contribution >= 0.6 is 0 Å². The third-order valence-electron chi connectivity index (χ3n) is 6.78. The summed E-state index contributed by atoms with van der Waals surface area (Å²) < 4.78 is 31.2. The summed E-state index contributed by atoms with van der Waals surface area (Å²) in [5.74, 6) is 0.585. The van der Waals surface area contributed by atoms with Gasteiger partial charge in [-0.2, -0.15) is 0 Å². The van der Waals surface area contributed by atoms with Gasteiger partial charge in [-0.15, -0.1) is 4.83 Å². The zero-order valence-electron chi connectivity index (χ0n) is 21.2. The number of hydrogen-bond acceptors (Lipinski definition) is 4. The molecule has 2 amide bonds. The number of nitrogens with one attached hydrogen (secondary N) is 1. The first-order valence-corrected chi connectivity index (χ1v) is 13.6. The van der Waals surface area contributed by atoms with E-state index in [1.54, 1.807) is 18.1 Å². The average Bonchev–Trinajstić information content (AvgIpc) is 3.15. The van der Waals surface area contributed by atoms with Crippen LogP contribution in [0.1, 0.15) is 39.4 Å². The molecule has 1 aliphatic rings. The predicted molar refractivity (Wildman–Crippen MR) is 141 cm³/mol. The van der Waals surface area contributed by atoms with Crippen molar-refractivity contribution in [1.82, 2.24) is 14.7 Å². The number of benzene rings is 3. The molecule has 36 heavy (non-hydrogen) atoms. The molecule has 0 saturated carbocycles. The number of nitrogens with zero attached hydrogens (tertiary/aromatic N) is 2. The minimum absolute atomic E-state index is 0.191. The van der Waals surface area contributed by atoms with Gasteiger partial charge in [0.1, 0.15) is 5.75 Å². The number of sulfonamides is 1. The fourth-order valence-corrected chi connectivity index (χ4v) is 5.73. The van der Waals surface area contributed by atoms with Crippen LogP contribution in [-0.4, -0.2) is 44.6 Å². The largest absolute Gasteiger partial charge is 0.497 e. The molecule has 0 aliphatic carbocycles. The molecule has 1 atom stereocenters. The van der Waals surface area contributed by atoms with Gasteiger partial charge in [0.15, 0.2) is 0 Å². The molecule has 1 saturated heterocycles. The molecule has 0 aromatic heterocycles. The van der Waals surface area contributed by atoms with Crippen LogP contribution < -0.4 is 9.57 Å². The fourth-order valence-electron chi connectivity index (χ4n) is 4.44. The number of carbonyl (C=O) groups is 1. The molecule has 1 heterocycles. The second kappa shape index (κ2) is 10.7. The number of methoxy groups -OCH3 is 1. The number of aryl methyl sites for hydroxylation is 3. The molecular weight excluding hydrogens is 474 g/mol. The minimum atomic E-state index is -3.78. The van der Waals surface area contributed by atoms with E-state index < -0.39 is 10.0 Å². The van der Waals surface area contributed by atoms with Crippen molar-refractivity contribution in [3.8, 4) is 5.75 Å². The summed E-state index contributed by atoms with van der Waals surface area (Å²) >= 11 is 0. The molecule has 7 nitrogen and oxygen atoms in total. The number of amides is 2. The van der Waals surface area contributed by atoms with Gasteiger partial charge < -0.3 is 9.64 Å². The molecule has 8 heteroatoms. The van der Waals surface area contributed by atoms with Crippen LogP contribution in [-0.2, 0) is 22.2 Å². The lowest BCUT2D eigenvalue weighted by Gasteiger charge is -2.24. The van der Waals surface area contributed by atoms with Crippen molar-refractivity contribution >= 4 is 16.1 Å². The van der Waals surface area contributed by atoms with Crippen molar-refractivity contribution in [2.45, 2.75) is 39.0 Å². The van der Waals surface area contributed by atoms with E-state index in [-0.39, 0.29) is 24.4 Å². The number of hydrogen-bond donors (Lipinski definition) is 1. The standard InChI is InChI=1S/C28H33N3O4S/c1-20-9-12-24(17-22(20)3)27-18-31(29-36(33,34)19-25-8-6-5-7-21(25)2)28(32)30(27)16-15-23-10-13-26(35-4)14-11-23/h5-14,17,27,29H,15-16,18-19H2,1-4H3. The van der Waals surface area contributed by atoms with Crippen LogP contribution in [0.4, 0.5) is 4.79 Å². The van der Waals surface area contributed by atoms with Crippen molar-refractivity contribution in [1.29, 1.82) is 0 Å². The van der Waals surface area contributed by atoms with Gasteiger partial charge in [0.2, 0.25) is 10.0 Å². The summed E-state index contributed by atoms with van der Waals surface area (Å²) in [5.41, 5.74) is 5.96. The van der Waals surface area contributed by atoms with Crippen molar-refractivity contribution in [3.05, 3.63) is 100 Å². The Kier molecular flexibility index (Phi) is 7.66. The van der Waals surface area contributed by atoms with Crippen molar-refractivity contribution < 1.29 is 17.9 Å². The van der Waals surface area contributed by atoms with E-state index in [1.807, 2.05) is 75.4 Å². The number of urea groups is 1. The molecule has 1 N–H and O–H groups in total. The molecule has 1 aliphatic heterocycles. The Labute approximate surface area is 213 Å². The van der Waals surface area contributed by atoms with E-state index in [4.69, 9.17) is 4.74 Å². The zero-order chi connectivity index (χ0) is 25.9. The van der Waals surface area contributed by atoms with Gasteiger partial charge in [0, 0.05) is 6.54 Å². The lowest BCUT2D eigenvalue weighted by molar-refractivity contribution is 0.182. The van der Waals surface area contributed by atoms with Crippen LogP contribution in [0.2, 0.25) is 0 Å². The molecule has 4 rings (SSSR count). The van der Waals surface area contributed by atoms with E-state index in [9.17, 15) is 13.2 Å². The van der Waals surface area contributed by atoms with Gasteiger partial charge in [-0.3, -0.25) is 0 Å². The van der Waals surface area contributed by atoms with Crippen LogP contribution in [0.5, 0.6) is 5.75 Å². The van der Waals surface area contributed by atoms with Gasteiger partial charge in [-0.05, 0) is 72.7 Å². The maximum absolute atomic E-state index is 13.5. The maximum Gasteiger partial charge on any atom is 0.335 e. The summed E-state index contributed by atoms with van der Waals surface area (Å²) in [6, 6.07) is 20.6. The molecule has 1 unspecified atom stereocenters. The maximum atomic E-state index is 13.5. The topological polar surface area (TPSA) is 79.0 Å². The van der Waals surface area contributed by atoms with Crippen LogP contribution in [0.25, 0.3) is 0 Å². The minimum Gasteiger partial charge on any atom is -0.497 e. The Hall–Kier alpha value is -3.36. The zero-order valence-corrected chi connectivity index (χ0v) is 22.0. The first kappa shape index (κ1) is 25.7. The molecule has 3 aromatic carbocycles. The molecule has 0 spiro atoms. The van der Waals surface area contributed by atoms with Crippen molar-refractivity contribution in [3.63, 3.8) is 0 Å². The molecule has 0 radical (unpaired) electrons. The first-order valence-electron chi connectivity index (χ1n) is 12.0. The third-order valence-corrected chi connectivity index (χ3v) is 7.97. The summed E-state index contributed by atoms with van der Waals surface area (Å²) in [5, 5.41) is 1.24. The second-order valence-corrected chi connectivity index (χ2v) is 11.0.